The van der Waals surface area contributed by atoms with Crippen molar-refractivity contribution in [1.29, 1.82) is 0 Å². The number of imidazole rings is 1. The number of benzene rings is 3. The van der Waals surface area contributed by atoms with E-state index >= 15 is 0 Å². The summed E-state index contributed by atoms with van der Waals surface area (Å²) in [5.41, 5.74) is 4.00. The molecule has 0 bridgehead atoms. The van der Waals surface area contributed by atoms with Gasteiger partial charge in [0.25, 0.3) is 0 Å². The molecule has 3 aromatic carbocycles. The Balaban J connectivity index is 1.43. The van der Waals surface area contributed by atoms with E-state index in [4.69, 9.17) is 0 Å². The zero-order valence-corrected chi connectivity index (χ0v) is 16.0. The highest BCUT2D eigenvalue weighted by Crippen LogP contribution is 2.27. The SMILES string of the molecule is Fc1cc(Cn2ccc3nc(-c4ccccc4F)nc-3c2)ccc1-c1ccccc1. The summed E-state index contributed by atoms with van der Waals surface area (Å²) in [6, 6.07) is 23.0. The predicted octanol–water partition coefficient (Wildman–Crippen LogP) is 6.04. The lowest BCUT2D eigenvalue weighted by atomic mass is 10.0. The monoisotopic (exact) mass is 397 g/mol. The molecule has 3 aromatic rings. The van der Waals surface area contributed by atoms with E-state index in [1.54, 1.807) is 30.3 Å². The van der Waals surface area contributed by atoms with Crippen LogP contribution in [0.2, 0.25) is 0 Å². The van der Waals surface area contributed by atoms with E-state index in [1.165, 1.54) is 6.07 Å². The molecule has 3 nitrogen and oxygen atoms in total. The number of fused-ring (bicyclic) bond motifs is 1. The normalized spacial score (nSPS) is 11.1. The van der Waals surface area contributed by atoms with Crippen molar-refractivity contribution in [3.05, 3.63) is 108 Å². The molecule has 0 fully saturated rings. The van der Waals surface area contributed by atoms with E-state index in [1.807, 2.05) is 59.4 Å². The summed E-state index contributed by atoms with van der Waals surface area (Å²) in [4.78, 5) is 8.90. The Hall–Kier alpha value is -3.86. The molecular weight excluding hydrogens is 380 g/mol. The quantitative estimate of drug-likeness (QED) is 0.370. The van der Waals surface area contributed by atoms with Crippen LogP contribution in [0.4, 0.5) is 8.78 Å². The minimum absolute atomic E-state index is 0.254. The molecule has 0 aliphatic carbocycles. The smallest absolute Gasteiger partial charge is 0.163 e. The Kier molecular flexibility index (Phi) is 4.56. The van der Waals surface area contributed by atoms with Crippen molar-refractivity contribution >= 4 is 0 Å². The van der Waals surface area contributed by atoms with Gasteiger partial charge in [-0.15, -0.1) is 0 Å². The number of hydrogen-bond acceptors (Lipinski definition) is 2. The number of hydrogen-bond donors (Lipinski definition) is 0. The summed E-state index contributed by atoms with van der Waals surface area (Å²) >= 11 is 0. The molecule has 2 heterocycles. The van der Waals surface area contributed by atoms with E-state index < -0.39 is 0 Å². The first-order valence-electron chi connectivity index (χ1n) is 9.60. The molecule has 2 aliphatic heterocycles. The summed E-state index contributed by atoms with van der Waals surface area (Å²) in [5.74, 6) is -0.246. The summed E-state index contributed by atoms with van der Waals surface area (Å²) in [6.45, 7) is 0.490. The van der Waals surface area contributed by atoms with Gasteiger partial charge >= 0.3 is 0 Å². The highest BCUT2D eigenvalue weighted by molar-refractivity contribution is 5.66. The third kappa shape index (κ3) is 3.46. The molecule has 30 heavy (non-hydrogen) atoms. The Bertz CT molecular complexity index is 1290. The molecule has 0 N–H and O–H groups in total. The number of aromatic nitrogens is 3. The van der Waals surface area contributed by atoms with E-state index in [-0.39, 0.29) is 11.6 Å². The first-order valence-corrected chi connectivity index (χ1v) is 9.60. The molecule has 0 saturated heterocycles. The van der Waals surface area contributed by atoms with Crippen LogP contribution in [-0.2, 0) is 6.54 Å². The number of rotatable bonds is 4. The van der Waals surface area contributed by atoms with Crippen molar-refractivity contribution in [2.75, 3.05) is 0 Å². The van der Waals surface area contributed by atoms with Crippen LogP contribution in [0.25, 0.3) is 33.9 Å². The van der Waals surface area contributed by atoms with Crippen LogP contribution >= 0.6 is 0 Å². The highest BCUT2D eigenvalue weighted by Gasteiger charge is 2.15. The summed E-state index contributed by atoms with van der Waals surface area (Å²) in [6.07, 6.45) is 3.71. The van der Waals surface area contributed by atoms with E-state index in [0.29, 0.717) is 34.9 Å². The number of nitrogens with zero attached hydrogens (tertiary/aromatic N) is 3. The molecule has 2 aliphatic rings. The van der Waals surface area contributed by atoms with Gasteiger partial charge in [-0.2, -0.15) is 0 Å². The summed E-state index contributed by atoms with van der Waals surface area (Å²) in [5, 5.41) is 0. The van der Waals surface area contributed by atoms with Crippen molar-refractivity contribution in [2.45, 2.75) is 6.54 Å². The third-order valence-electron chi connectivity index (χ3n) is 5.03. The van der Waals surface area contributed by atoms with Gasteiger partial charge in [-0.1, -0.05) is 54.6 Å². The van der Waals surface area contributed by atoms with Gasteiger partial charge in [0.1, 0.15) is 17.3 Å². The van der Waals surface area contributed by atoms with Crippen molar-refractivity contribution in [2.24, 2.45) is 0 Å². The van der Waals surface area contributed by atoms with E-state index in [0.717, 1.165) is 11.1 Å². The second kappa shape index (κ2) is 7.52. The second-order valence-electron chi connectivity index (χ2n) is 7.09. The molecule has 5 heteroatoms. The predicted molar refractivity (Wildman–Crippen MR) is 113 cm³/mol. The molecule has 0 atom stereocenters. The van der Waals surface area contributed by atoms with Gasteiger partial charge in [0.15, 0.2) is 5.82 Å². The van der Waals surface area contributed by atoms with Crippen LogP contribution in [0, 0.1) is 11.6 Å². The lowest BCUT2D eigenvalue weighted by molar-refractivity contribution is 0.627. The van der Waals surface area contributed by atoms with Crippen molar-refractivity contribution in [3.8, 4) is 33.9 Å². The molecule has 0 spiro atoms. The molecule has 5 rings (SSSR count). The molecule has 0 saturated carbocycles. The Morgan fingerprint density at radius 3 is 2.27 bits per heavy atom. The van der Waals surface area contributed by atoms with Crippen LogP contribution in [0.15, 0.2) is 91.3 Å². The maximum Gasteiger partial charge on any atom is 0.163 e. The molecule has 0 radical (unpaired) electrons. The molecule has 0 aromatic heterocycles. The van der Waals surface area contributed by atoms with Crippen LogP contribution < -0.4 is 0 Å². The largest absolute Gasteiger partial charge is 0.348 e. The average Bonchev–Trinajstić information content (AvgIpc) is 3.18. The first kappa shape index (κ1) is 18.2. The van der Waals surface area contributed by atoms with E-state index in [9.17, 15) is 8.78 Å². The van der Waals surface area contributed by atoms with Gasteiger partial charge in [0.2, 0.25) is 0 Å². The van der Waals surface area contributed by atoms with Gasteiger partial charge < -0.3 is 4.57 Å². The Morgan fingerprint density at radius 2 is 1.47 bits per heavy atom. The fourth-order valence-corrected chi connectivity index (χ4v) is 3.53. The van der Waals surface area contributed by atoms with Crippen LogP contribution in [0.3, 0.4) is 0 Å². The van der Waals surface area contributed by atoms with Gasteiger partial charge in [0.05, 0.1) is 11.3 Å². The molecular formula is C25H17F2N3. The van der Waals surface area contributed by atoms with E-state index in [2.05, 4.69) is 9.97 Å². The Morgan fingerprint density at radius 1 is 0.700 bits per heavy atom. The van der Waals surface area contributed by atoms with Crippen LogP contribution in [0.1, 0.15) is 5.56 Å². The molecule has 146 valence electrons. The average molecular weight is 397 g/mol. The summed E-state index contributed by atoms with van der Waals surface area (Å²) in [7, 11) is 0. The molecule has 0 amide bonds. The fourth-order valence-electron chi connectivity index (χ4n) is 3.53. The summed E-state index contributed by atoms with van der Waals surface area (Å²) < 4.78 is 30.6. The van der Waals surface area contributed by atoms with Gasteiger partial charge in [-0.3, -0.25) is 0 Å². The maximum atomic E-state index is 14.7. The standard InChI is InChI=1S/C25H17F2N3/c26-21-9-5-4-8-20(21)25-28-23-12-13-30(16-24(23)29-25)15-17-10-11-19(22(27)14-17)18-6-2-1-3-7-18/h1-14,16H,15H2. The highest BCUT2D eigenvalue weighted by atomic mass is 19.1. The van der Waals surface area contributed by atoms with Crippen molar-refractivity contribution in [3.63, 3.8) is 0 Å². The number of halogens is 2. The van der Waals surface area contributed by atoms with Crippen LogP contribution in [-0.4, -0.2) is 14.5 Å². The second-order valence-corrected chi connectivity index (χ2v) is 7.09. The topological polar surface area (TPSA) is 30.7 Å². The zero-order chi connectivity index (χ0) is 20.5. The Labute approximate surface area is 172 Å². The minimum Gasteiger partial charge on any atom is -0.348 e. The maximum absolute atomic E-state index is 14.7. The van der Waals surface area contributed by atoms with Crippen LogP contribution in [0.5, 0.6) is 0 Å². The van der Waals surface area contributed by atoms with Gasteiger partial charge in [0, 0.05) is 24.5 Å². The number of pyridine rings is 1. The fraction of sp³-hybridized carbons (Fsp3) is 0.0400. The first-order chi connectivity index (χ1) is 14.7. The lowest BCUT2D eigenvalue weighted by Crippen LogP contribution is -2.01. The van der Waals surface area contributed by atoms with Gasteiger partial charge in [-0.25, -0.2) is 18.7 Å². The van der Waals surface area contributed by atoms with Crippen molar-refractivity contribution < 1.29 is 8.78 Å². The zero-order valence-electron chi connectivity index (χ0n) is 16.0. The van der Waals surface area contributed by atoms with Gasteiger partial charge in [-0.05, 0) is 35.4 Å². The van der Waals surface area contributed by atoms with Crippen molar-refractivity contribution in [1.82, 2.24) is 14.5 Å². The minimum atomic E-state index is -0.352. The lowest BCUT2D eigenvalue weighted by Gasteiger charge is -2.10. The molecule has 0 unspecified atom stereocenters. The third-order valence-corrected chi connectivity index (χ3v) is 5.03.